The molecule has 0 fully saturated rings. The lowest BCUT2D eigenvalue weighted by Crippen LogP contribution is -2.47. The van der Waals surface area contributed by atoms with E-state index in [0.29, 0.717) is 11.3 Å². The number of rotatable bonds is 6. The van der Waals surface area contributed by atoms with Crippen LogP contribution >= 0.6 is 15.9 Å². The van der Waals surface area contributed by atoms with Gasteiger partial charge in [-0.1, -0.05) is 42.5 Å². The third-order valence-electron chi connectivity index (χ3n) is 3.21. The number of carboxylic acid groups (broad SMARTS) is 1. The number of methoxy groups -OCH3 is 1. The van der Waals surface area contributed by atoms with E-state index in [1.165, 1.54) is 7.11 Å². The maximum atomic E-state index is 12.0. The summed E-state index contributed by atoms with van der Waals surface area (Å²) in [6.07, 6.45) is 0. The van der Waals surface area contributed by atoms with Gasteiger partial charge in [0.1, 0.15) is 0 Å². The van der Waals surface area contributed by atoms with Crippen LogP contribution in [0.1, 0.15) is 5.56 Å². The minimum Gasteiger partial charge on any atom is -0.479 e. The molecule has 2 N–H and O–H groups in total. The molecule has 0 aliphatic rings. The van der Waals surface area contributed by atoms with Gasteiger partial charge in [0.25, 0.3) is 0 Å². The molecule has 21 heavy (non-hydrogen) atoms. The number of para-hydroxylation sites is 1. The smallest absolute Gasteiger partial charge is 0.336 e. The number of hydrogen-bond acceptors (Lipinski definition) is 3. The number of ether oxygens (including phenoxy) is 1. The van der Waals surface area contributed by atoms with E-state index in [2.05, 4.69) is 21.2 Å². The van der Waals surface area contributed by atoms with Crippen LogP contribution in [0.2, 0.25) is 0 Å². The van der Waals surface area contributed by atoms with Gasteiger partial charge < -0.3 is 15.2 Å². The van der Waals surface area contributed by atoms with Crippen LogP contribution in [0.4, 0.5) is 5.69 Å². The first kappa shape index (κ1) is 15.5. The van der Waals surface area contributed by atoms with Crippen molar-refractivity contribution in [1.29, 1.82) is 0 Å². The predicted octanol–water partition coefficient (Wildman–Crippen LogP) is 3.49. The highest BCUT2D eigenvalue weighted by atomic mass is 79.9. The van der Waals surface area contributed by atoms with Crippen molar-refractivity contribution in [2.75, 3.05) is 19.0 Å². The van der Waals surface area contributed by atoms with Gasteiger partial charge in [-0.3, -0.25) is 0 Å². The van der Waals surface area contributed by atoms with E-state index < -0.39 is 11.5 Å². The number of aliphatic carboxylic acids is 1. The van der Waals surface area contributed by atoms with Crippen molar-refractivity contribution in [2.45, 2.75) is 5.54 Å². The van der Waals surface area contributed by atoms with E-state index in [1.54, 1.807) is 12.1 Å². The topological polar surface area (TPSA) is 58.6 Å². The maximum Gasteiger partial charge on any atom is 0.336 e. The molecule has 0 aliphatic heterocycles. The van der Waals surface area contributed by atoms with Crippen molar-refractivity contribution in [3.8, 4) is 0 Å². The van der Waals surface area contributed by atoms with Gasteiger partial charge in [-0.05, 0) is 33.6 Å². The Kier molecular flexibility index (Phi) is 4.98. The lowest BCUT2D eigenvalue weighted by molar-refractivity contribution is -0.144. The number of carboxylic acids is 1. The molecule has 0 bridgehead atoms. The summed E-state index contributed by atoms with van der Waals surface area (Å²) < 4.78 is 5.97. The molecule has 110 valence electrons. The van der Waals surface area contributed by atoms with E-state index in [4.69, 9.17) is 4.74 Å². The third-order valence-corrected chi connectivity index (χ3v) is 3.91. The molecule has 0 heterocycles. The number of halogens is 1. The van der Waals surface area contributed by atoms with Gasteiger partial charge in [0.15, 0.2) is 5.54 Å². The first-order chi connectivity index (χ1) is 10.1. The van der Waals surface area contributed by atoms with Crippen LogP contribution in [0.3, 0.4) is 0 Å². The number of anilines is 1. The molecular formula is C16H16BrNO3. The average molecular weight is 350 g/mol. The third kappa shape index (κ3) is 3.25. The molecule has 0 radical (unpaired) electrons. The van der Waals surface area contributed by atoms with Crippen molar-refractivity contribution < 1.29 is 14.6 Å². The summed E-state index contributed by atoms with van der Waals surface area (Å²) in [5.74, 6) is -0.994. The van der Waals surface area contributed by atoms with E-state index in [-0.39, 0.29) is 6.61 Å². The zero-order valence-electron chi connectivity index (χ0n) is 11.5. The lowest BCUT2D eigenvalue weighted by atomic mass is 9.90. The SMILES string of the molecule is COCC(Nc1ccccc1Br)(C(=O)O)c1ccccc1. The quantitative estimate of drug-likeness (QED) is 0.837. The number of carbonyl (C=O) groups is 1. The Morgan fingerprint density at radius 2 is 1.81 bits per heavy atom. The molecule has 0 aliphatic carbocycles. The predicted molar refractivity (Wildman–Crippen MR) is 85.4 cm³/mol. The van der Waals surface area contributed by atoms with Crippen LogP contribution in [0.15, 0.2) is 59.1 Å². The second-order valence-electron chi connectivity index (χ2n) is 4.61. The van der Waals surface area contributed by atoms with Crippen molar-refractivity contribution in [3.05, 3.63) is 64.6 Å². The molecule has 0 saturated carbocycles. The molecule has 0 amide bonds. The van der Waals surface area contributed by atoms with Crippen LogP contribution < -0.4 is 5.32 Å². The van der Waals surface area contributed by atoms with Crippen molar-refractivity contribution in [3.63, 3.8) is 0 Å². The normalized spacial score (nSPS) is 13.4. The van der Waals surface area contributed by atoms with Crippen molar-refractivity contribution in [1.82, 2.24) is 0 Å². The molecular weight excluding hydrogens is 334 g/mol. The van der Waals surface area contributed by atoms with E-state index in [1.807, 2.05) is 42.5 Å². The fourth-order valence-electron chi connectivity index (χ4n) is 2.16. The average Bonchev–Trinajstić information content (AvgIpc) is 2.49. The Balaban J connectivity index is 2.50. The fourth-order valence-corrected chi connectivity index (χ4v) is 2.55. The standard InChI is InChI=1S/C16H16BrNO3/c1-21-11-16(15(19)20,12-7-3-2-4-8-12)18-14-10-6-5-9-13(14)17/h2-10,18H,11H2,1H3,(H,19,20). The van der Waals surface area contributed by atoms with Crippen LogP contribution in [-0.2, 0) is 15.1 Å². The summed E-state index contributed by atoms with van der Waals surface area (Å²) in [5.41, 5.74) is -0.0178. The largest absolute Gasteiger partial charge is 0.479 e. The van der Waals surface area contributed by atoms with E-state index in [9.17, 15) is 9.90 Å². The Labute approximate surface area is 131 Å². The molecule has 1 unspecified atom stereocenters. The van der Waals surface area contributed by atoms with Crippen LogP contribution in [0.5, 0.6) is 0 Å². The highest BCUT2D eigenvalue weighted by Gasteiger charge is 2.41. The zero-order valence-corrected chi connectivity index (χ0v) is 13.1. The van der Waals surface area contributed by atoms with Gasteiger partial charge in [-0.2, -0.15) is 0 Å². The molecule has 0 spiro atoms. The Morgan fingerprint density at radius 3 is 2.38 bits per heavy atom. The van der Waals surface area contributed by atoms with E-state index >= 15 is 0 Å². The molecule has 0 saturated heterocycles. The zero-order chi connectivity index (χ0) is 15.3. The maximum absolute atomic E-state index is 12.0. The number of nitrogens with one attached hydrogen (secondary N) is 1. The molecule has 4 nitrogen and oxygen atoms in total. The first-order valence-electron chi connectivity index (χ1n) is 6.41. The molecule has 2 aromatic carbocycles. The Hall–Kier alpha value is -1.85. The second-order valence-corrected chi connectivity index (χ2v) is 5.47. The monoisotopic (exact) mass is 349 g/mol. The van der Waals surface area contributed by atoms with Crippen molar-refractivity contribution >= 4 is 27.6 Å². The van der Waals surface area contributed by atoms with Crippen LogP contribution in [0.25, 0.3) is 0 Å². The highest BCUT2D eigenvalue weighted by Crippen LogP contribution is 2.31. The number of benzene rings is 2. The highest BCUT2D eigenvalue weighted by molar-refractivity contribution is 9.10. The van der Waals surface area contributed by atoms with Gasteiger partial charge in [-0.25, -0.2) is 4.79 Å². The molecule has 1 atom stereocenters. The van der Waals surface area contributed by atoms with Gasteiger partial charge >= 0.3 is 5.97 Å². The minimum absolute atomic E-state index is 0.00762. The summed E-state index contributed by atoms with van der Waals surface area (Å²) in [5, 5.41) is 12.9. The molecule has 5 heteroatoms. The van der Waals surface area contributed by atoms with Gasteiger partial charge in [0, 0.05) is 17.3 Å². The summed E-state index contributed by atoms with van der Waals surface area (Å²) in [6, 6.07) is 16.4. The second kappa shape index (κ2) is 6.74. The number of hydrogen-bond donors (Lipinski definition) is 2. The summed E-state index contributed by atoms with van der Waals surface area (Å²) in [6.45, 7) is 0.00762. The van der Waals surface area contributed by atoms with Gasteiger partial charge in [-0.15, -0.1) is 0 Å². The van der Waals surface area contributed by atoms with Gasteiger partial charge in [0.2, 0.25) is 0 Å². The summed E-state index contributed by atoms with van der Waals surface area (Å²) >= 11 is 3.43. The van der Waals surface area contributed by atoms with Crippen molar-refractivity contribution in [2.24, 2.45) is 0 Å². The Morgan fingerprint density at radius 1 is 1.19 bits per heavy atom. The first-order valence-corrected chi connectivity index (χ1v) is 7.20. The Bertz CT molecular complexity index is 618. The lowest BCUT2D eigenvalue weighted by Gasteiger charge is -2.31. The molecule has 2 aromatic rings. The summed E-state index contributed by atoms with van der Waals surface area (Å²) in [7, 11) is 1.49. The fraction of sp³-hybridized carbons (Fsp3) is 0.188. The van der Waals surface area contributed by atoms with Gasteiger partial charge in [0.05, 0.1) is 6.61 Å². The van der Waals surface area contributed by atoms with Crippen LogP contribution in [0, 0.1) is 0 Å². The van der Waals surface area contributed by atoms with E-state index in [0.717, 1.165) is 4.47 Å². The minimum atomic E-state index is -1.35. The van der Waals surface area contributed by atoms with Crippen LogP contribution in [-0.4, -0.2) is 24.8 Å². The molecule has 0 aromatic heterocycles. The molecule has 2 rings (SSSR count). The summed E-state index contributed by atoms with van der Waals surface area (Å²) in [4.78, 5) is 12.0.